The van der Waals surface area contributed by atoms with E-state index in [0.29, 0.717) is 9.09 Å². The molecule has 0 saturated carbocycles. The molecular weight excluding hydrogens is 547 g/mol. The first-order valence-corrected chi connectivity index (χ1v) is 10.9. The zero-order chi connectivity index (χ0) is 23.5. The lowest BCUT2D eigenvalue weighted by atomic mass is 10.1. The maximum Gasteiger partial charge on any atom is 0.287 e. The van der Waals surface area contributed by atoms with Gasteiger partial charge in [0.05, 0.1) is 35.0 Å². The summed E-state index contributed by atoms with van der Waals surface area (Å²) in [6, 6.07) is 9.00. The molecule has 0 aliphatic carbocycles. The van der Waals surface area contributed by atoms with Crippen LogP contribution in [0.3, 0.4) is 0 Å². The average molecular weight is 565 g/mol. The number of anilines is 2. The van der Waals surface area contributed by atoms with Crippen LogP contribution in [0.2, 0.25) is 0 Å². The third kappa shape index (κ3) is 4.82. The Balaban J connectivity index is 1.57. The zero-order valence-electron chi connectivity index (χ0n) is 17.3. The van der Waals surface area contributed by atoms with Crippen molar-refractivity contribution in [2.24, 2.45) is 7.05 Å². The Morgan fingerprint density at radius 3 is 2.58 bits per heavy atom. The summed E-state index contributed by atoms with van der Waals surface area (Å²) in [5, 5.41) is 7.94. The third-order valence-electron chi connectivity index (χ3n) is 4.84. The molecule has 33 heavy (non-hydrogen) atoms. The van der Waals surface area contributed by atoms with Crippen LogP contribution in [0, 0.1) is 15.2 Å². The van der Waals surface area contributed by atoms with Crippen molar-refractivity contribution in [2.75, 3.05) is 18.4 Å². The highest BCUT2D eigenvalue weighted by atomic mass is 127. The van der Waals surface area contributed by atoms with Gasteiger partial charge in [-0.3, -0.25) is 9.59 Å². The van der Waals surface area contributed by atoms with Crippen LogP contribution in [0.4, 0.5) is 20.2 Å². The van der Waals surface area contributed by atoms with Gasteiger partial charge in [0.1, 0.15) is 11.3 Å². The summed E-state index contributed by atoms with van der Waals surface area (Å²) < 4.78 is 37.0. The maximum absolute atomic E-state index is 15.3. The third-order valence-corrected chi connectivity index (χ3v) is 5.51. The van der Waals surface area contributed by atoms with Crippen molar-refractivity contribution in [3.8, 4) is 0 Å². The average Bonchev–Trinajstić information content (AvgIpc) is 3.45. The fraction of sp³-hybridized carbons (Fsp3) is 0.136. The zero-order valence-corrected chi connectivity index (χ0v) is 19.4. The molecule has 2 aromatic heterocycles. The SMILES string of the molecule is Cn1cnc2c(F)c(Nc3ccc(I)cc3F)c(C(=O)NCCNC(=O)c3ccco3)cc21. The molecule has 0 radical (unpaired) electrons. The van der Waals surface area contributed by atoms with E-state index in [9.17, 15) is 14.0 Å². The fourth-order valence-electron chi connectivity index (χ4n) is 3.19. The number of aryl methyl sites for hydroxylation is 1. The van der Waals surface area contributed by atoms with Crippen LogP contribution in [-0.4, -0.2) is 34.5 Å². The Kier molecular flexibility index (Phi) is 6.58. The highest BCUT2D eigenvalue weighted by Gasteiger charge is 2.22. The molecule has 0 bridgehead atoms. The predicted molar refractivity (Wildman–Crippen MR) is 126 cm³/mol. The molecule has 0 aliphatic heterocycles. The molecule has 0 saturated heterocycles. The lowest BCUT2D eigenvalue weighted by Gasteiger charge is -2.15. The second-order valence-corrected chi connectivity index (χ2v) is 8.32. The van der Waals surface area contributed by atoms with E-state index in [4.69, 9.17) is 4.42 Å². The van der Waals surface area contributed by atoms with Gasteiger partial charge < -0.3 is 24.9 Å². The number of amides is 2. The molecule has 2 heterocycles. The lowest BCUT2D eigenvalue weighted by molar-refractivity contribution is 0.0911. The Morgan fingerprint density at radius 2 is 1.88 bits per heavy atom. The number of nitrogens with zero attached hydrogens (tertiary/aromatic N) is 2. The van der Waals surface area contributed by atoms with Crippen molar-refractivity contribution >= 4 is 56.8 Å². The van der Waals surface area contributed by atoms with Crippen LogP contribution in [0.5, 0.6) is 0 Å². The van der Waals surface area contributed by atoms with Crippen molar-refractivity contribution in [2.45, 2.75) is 0 Å². The summed E-state index contributed by atoms with van der Waals surface area (Å²) >= 11 is 1.96. The van der Waals surface area contributed by atoms with Gasteiger partial charge in [0.2, 0.25) is 0 Å². The minimum Gasteiger partial charge on any atom is -0.459 e. The van der Waals surface area contributed by atoms with Crippen LogP contribution in [0.1, 0.15) is 20.9 Å². The molecule has 4 rings (SSSR count). The van der Waals surface area contributed by atoms with E-state index in [0.717, 1.165) is 0 Å². The molecule has 2 aromatic carbocycles. The number of furan rings is 1. The van der Waals surface area contributed by atoms with E-state index in [2.05, 4.69) is 20.9 Å². The van der Waals surface area contributed by atoms with Gasteiger partial charge in [-0.2, -0.15) is 0 Å². The summed E-state index contributed by atoms with van der Waals surface area (Å²) in [6.07, 6.45) is 2.81. The first-order valence-electron chi connectivity index (χ1n) is 9.80. The number of hydrogen-bond acceptors (Lipinski definition) is 5. The van der Waals surface area contributed by atoms with Crippen LogP contribution >= 0.6 is 22.6 Å². The smallest absolute Gasteiger partial charge is 0.287 e. The molecular formula is C22H18F2IN5O3. The Morgan fingerprint density at radius 1 is 1.12 bits per heavy atom. The van der Waals surface area contributed by atoms with Gasteiger partial charge in [-0.15, -0.1) is 0 Å². The normalized spacial score (nSPS) is 10.9. The Bertz CT molecular complexity index is 1340. The number of halogens is 3. The highest BCUT2D eigenvalue weighted by Crippen LogP contribution is 2.31. The molecule has 0 fully saturated rings. The van der Waals surface area contributed by atoms with Gasteiger partial charge in [0, 0.05) is 23.7 Å². The van der Waals surface area contributed by atoms with Crippen LogP contribution in [0.25, 0.3) is 11.0 Å². The minimum atomic E-state index is -0.776. The van der Waals surface area contributed by atoms with Crippen LogP contribution in [0.15, 0.2) is 53.4 Å². The van der Waals surface area contributed by atoms with Gasteiger partial charge >= 0.3 is 0 Å². The van der Waals surface area contributed by atoms with E-state index in [1.165, 1.54) is 36.9 Å². The van der Waals surface area contributed by atoms with Crippen molar-refractivity contribution in [3.63, 3.8) is 0 Å². The van der Waals surface area contributed by atoms with Crippen molar-refractivity contribution in [1.29, 1.82) is 0 Å². The van der Waals surface area contributed by atoms with E-state index in [1.807, 2.05) is 22.6 Å². The van der Waals surface area contributed by atoms with Crippen molar-refractivity contribution < 1.29 is 22.8 Å². The number of imidazole rings is 1. The molecule has 4 aromatic rings. The predicted octanol–water partition coefficient (Wildman–Crippen LogP) is 3.95. The highest BCUT2D eigenvalue weighted by molar-refractivity contribution is 14.1. The fourth-order valence-corrected chi connectivity index (χ4v) is 3.65. The lowest BCUT2D eigenvalue weighted by Crippen LogP contribution is -2.34. The van der Waals surface area contributed by atoms with Gasteiger partial charge in [-0.1, -0.05) is 0 Å². The molecule has 3 N–H and O–H groups in total. The Labute approximate surface area is 200 Å². The van der Waals surface area contributed by atoms with E-state index in [1.54, 1.807) is 23.7 Å². The van der Waals surface area contributed by atoms with Gasteiger partial charge in [-0.25, -0.2) is 13.8 Å². The topological polar surface area (TPSA) is 101 Å². The number of hydrogen-bond donors (Lipinski definition) is 3. The Hall–Kier alpha value is -3.48. The molecule has 0 atom stereocenters. The summed E-state index contributed by atoms with van der Waals surface area (Å²) in [4.78, 5) is 28.9. The molecule has 2 amide bonds. The van der Waals surface area contributed by atoms with E-state index in [-0.39, 0.29) is 41.3 Å². The molecule has 170 valence electrons. The minimum absolute atomic E-state index is 0.0179. The number of nitrogens with one attached hydrogen (secondary N) is 3. The number of carbonyl (C=O) groups excluding carboxylic acids is 2. The maximum atomic E-state index is 15.3. The number of rotatable bonds is 7. The van der Waals surface area contributed by atoms with Gasteiger partial charge in [-0.05, 0) is 59.0 Å². The first-order chi connectivity index (χ1) is 15.8. The quantitative estimate of drug-likeness (QED) is 0.233. The van der Waals surface area contributed by atoms with Gasteiger partial charge in [0.15, 0.2) is 11.6 Å². The number of aromatic nitrogens is 2. The summed E-state index contributed by atoms with van der Waals surface area (Å²) in [5.74, 6) is -2.24. The molecule has 8 nitrogen and oxygen atoms in total. The number of carbonyl (C=O) groups is 2. The molecule has 0 spiro atoms. The second kappa shape index (κ2) is 9.57. The van der Waals surface area contributed by atoms with E-state index < -0.39 is 23.4 Å². The largest absolute Gasteiger partial charge is 0.459 e. The summed E-state index contributed by atoms with van der Waals surface area (Å²) in [5.41, 5.74) is 0.243. The standard InChI is InChI=1S/C22H18F2IN5O3/c1-30-11-28-20-16(30)10-13(19(18(20)24)29-15-5-4-12(25)9-14(15)23)21(31)26-6-7-27-22(32)17-3-2-8-33-17/h2-5,8-11,29H,6-7H2,1H3,(H,26,31)(H,27,32). The number of fused-ring (bicyclic) bond motifs is 1. The number of benzene rings is 2. The molecule has 0 unspecified atom stereocenters. The van der Waals surface area contributed by atoms with Gasteiger partial charge in [0.25, 0.3) is 11.8 Å². The van der Waals surface area contributed by atoms with Crippen molar-refractivity contribution in [3.05, 3.63) is 75.5 Å². The van der Waals surface area contributed by atoms with Crippen LogP contribution < -0.4 is 16.0 Å². The molecule has 0 aliphatic rings. The monoisotopic (exact) mass is 565 g/mol. The summed E-state index contributed by atoms with van der Waals surface area (Å²) in [6.45, 7) is 0.198. The first kappa shape index (κ1) is 22.7. The van der Waals surface area contributed by atoms with Crippen molar-refractivity contribution in [1.82, 2.24) is 20.2 Å². The molecule has 11 heteroatoms. The summed E-state index contributed by atoms with van der Waals surface area (Å²) in [7, 11) is 1.67. The second-order valence-electron chi connectivity index (χ2n) is 7.07. The van der Waals surface area contributed by atoms with Crippen LogP contribution in [-0.2, 0) is 7.05 Å². The van der Waals surface area contributed by atoms with E-state index >= 15 is 4.39 Å².